The number of rotatable bonds is 4. The number of carbonyl (C=O) groups is 2. The van der Waals surface area contributed by atoms with Gasteiger partial charge in [0.05, 0.1) is 0 Å². The van der Waals surface area contributed by atoms with Crippen LogP contribution in [0.5, 0.6) is 0 Å². The molecule has 0 radical (unpaired) electrons. The first kappa shape index (κ1) is 15.0. The van der Waals surface area contributed by atoms with Crippen LogP contribution < -0.4 is 10.9 Å². The van der Waals surface area contributed by atoms with Crippen LogP contribution >= 0.6 is 15.9 Å². The molecule has 108 valence electrons. The third-order valence-electron chi connectivity index (χ3n) is 2.68. The zero-order chi connectivity index (χ0) is 15.4. The molecule has 0 aliphatic carbocycles. The number of nitrogens with one attached hydrogen (secondary N) is 1. The Morgan fingerprint density at radius 1 is 1.19 bits per heavy atom. The Balaban J connectivity index is 2.21. The normalized spacial score (nSPS) is 10.1. The molecule has 0 saturated heterocycles. The second-order valence-electron chi connectivity index (χ2n) is 4.20. The van der Waals surface area contributed by atoms with Gasteiger partial charge in [-0.05, 0) is 24.3 Å². The van der Waals surface area contributed by atoms with Gasteiger partial charge >= 0.3 is 5.97 Å². The molecule has 1 aromatic heterocycles. The molecule has 0 aliphatic heterocycles. The lowest BCUT2D eigenvalue weighted by Gasteiger charge is -2.10. The number of hydrogen-bond acceptors (Lipinski definition) is 3. The summed E-state index contributed by atoms with van der Waals surface area (Å²) in [4.78, 5) is 34.7. The van der Waals surface area contributed by atoms with Crippen LogP contribution in [-0.2, 0) is 11.3 Å². The Bertz CT molecular complexity index is 755. The van der Waals surface area contributed by atoms with E-state index in [-0.39, 0.29) is 12.2 Å². The lowest BCUT2D eigenvalue weighted by molar-refractivity contribution is -0.116. The van der Waals surface area contributed by atoms with E-state index in [0.29, 0.717) is 5.69 Å². The van der Waals surface area contributed by atoms with E-state index in [1.165, 1.54) is 18.2 Å². The third-order valence-corrected chi connectivity index (χ3v) is 3.17. The second-order valence-corrected chi connectivity index (χ2v) is 5.11. The van der Waals surface area contributed by atoms with Crippen molar-refractivity contribution in [2.24, 2.45) is 0 Å². The number of aromatic nitrogens is 1. The fourth-order valence-electron chi connectivity index (χ4n) is 1.78. The highest BCUT2D eigenvalue weighted by Crippen LogP contribution is 2.15. The molecular formula is C14H11BrN2O4. The quantitative estimate of drug-likeness (QED) is 0.881. The van der Waals surface area contributed by atoms with Crippen molar-refractivity contribution in [1.82, 2.24) is 4.57 Å². The monoisotopic (exact) mass is 350 g/mol. The van der Waals surface area contributed by atoms with Crippen LogP contribution in [0.2, 0.25) is 0 Å². The van der Waals surface area contributed by atoms with Crippen LogP contribution in [0.4, 0.5) is 5.69 Å². The number of pyridine rings is 1. The van der Waals surface area contributed by atoms with Crippen molar-refractivity contribution in [2.75, 3.05) is 5.32 Å². The van der Waals surface area contributed by atoms with E-state index in [4.69, 9.17) is 5.11 Å². The minimum absolute atomic E-state index is 0.230. The van der Waals surface area contributed by atoms with E-state index < -0.39 is 17.4 Å². The fraction of sp³-hybridized carbons (Fsp3) is 0.0714. The molecular weight excluding hydrogens is 340 g/mol. The Hall–Kier alpha value is -2.41. The second kappa shape index (κ2) is 6.36. The van der Waals surface area contributed by atoms with Gasteiger partial charge in [-0.1, -0.05) is 28.1 Å². The molecule has 0 unspecified atom stereocenters. The van der Waals surface area contributed by atoms with Gasteiger partial charge in [0.1, 0.15) is 12.2 Å². The summed E-state index contributed by atoms with van der Waals surface area (Å²) in [6.07, 6.45) is 0. The number of hydrogen-bond donors (Lipinski definition) is 2. The first-order valence-corrected chi connectivity index (χ1v) is 6.75. The molecule has 0 spiro atoms. The highest BCUT2D eigenvalue weighted by atomic mass is 79.9. The van der Waals surface area contributed by atoms with Crippen molar-refractivity contribution in [1.29, 1.82) is 0 Å². The number of amides is 1. The zero-order valence-corrected chi connectivity index (χ0v) is 12.3. The van der Waals surface area contributed by atoms with Crippen molar-refractivity contribution in [2.45, 2.75) is 6.54 Å². The van der Waals surface area contributed by atoms with Gasteiger partial charge in [-0.25, -0.2) is 4.79 Å². The van der Waals surface area contributed by atoms with E-state index in [2.05, 4.69) is 21.2 Å². The predicted octanol–water partition coefficient (Wildman–Crippen LogP) is 1.95. The molecule has 0 bridgehead atoms. The molecule has 0 aliphatic rings. The van der Waals surface area contributed by atoms with Gasteiger partial charge in [-0.15, -0.1) is 0 Å². The fourth-order valence-corrected chi connectivity index (χ4v) is 2.18. The van der Waals surface area contributed by atoms with Gasteiger partial charge in [0.15, 0.2) is 0 Å². The van der Waals surface area contributed by atoms with Crippen LogP contribution in [0.3, 0.4) is 0 Å². The first-order valence-electron chi connectivity index (χ1n) is 5.96. The maximum absolute atomic E-state index is 11.9. The van der Waals surface area contributed by atoms with Gasteiger partial charge in [0, 0.05) is 16.2 Å². The molecule has 1 aromatic carbocycles. The molecule has 0 atom stereocenters. The highest BCUT2D eigenvalue weighted by molar-refractivity contribution is 9.10. The number of benzene rings is 1. The summed E-state index contributed by atoms with van der Waals surface area (Å²) in [5.41, 5.74) is -0.221. The number of nitrogens with zero attached hydrogens (tertiary/aromatic N) is 1. The van der Waals surface area contributed by atoms with E-state index >= 15 is 0 Å². The van der Waals surface area contributed by atoms with E-state index in [1.807, 2.05) is 0 Å². The van der Waals surface area contributed by atoms with E-state index in [1.54, 1.807) is 24.3 Å². The lowest BCUT2D eigenvalue weighted by Crippen LogP contribution is -2.30. The minimum Gasteiger partial charge on any atom is -0.477 e. The van der Waals surface area contributed by atoms with Crippen molar-refractivity contribution in [3.63, 3.8) is 0 Å². The first-order chi connectivity index (χ1) is 9.97. The number of anilines is 1. The van der Waals surface area contributed by atoms with E-state index in [0.717, 1.165) is 9.04 Å². The van der Waals surface area contributed by atoms with Crippen LogP contribution in [0.1, 0.15) is 10.5 Å². The van der Waals surface area contributed by atoms with Crippen molar-refractivity contribution < 1.29 is 14.7 Å². The van der Waals surface area contributed by atoms with Gasteiger partial charge in [-0.2, -0.15) is 0 Å². The summed E-state index contributed by atoms with van der Waals surface area (Å²) in [6.45, 7) is -0.367. The summed E-state index contributed by atoms with van der Waals surface area (Å²) in [6, 6.07) is 10.8. The van der Waals surface area contributed by atoms with Crippen LogP contribution in [-0.4, -0.2) is 21.6 Å². The van der Waals surface area contributed by atoms with Crippen LogP contribution in [0.25, 0.3) is 0 Å². The lowest BCUT2D eigenvalue weighted by atomic mass is 10.3. The van der Waals surface area contributed by atoms with Gasteiger partial charge in [-0.3, -0.25) is 14.2 Å². The SMILES string of the molecule is O=C(Cn1c(C(=O)O)cccc1=O)Nc1cccc(Br)c1. The van der Waals surface area contributed by atoms with Gasteiger partial charge in [0.2, 0.25) is 5.91 Å². The smallest absolute Gasteiger partial charge is 0.352 e. The highest BCUT2D eigenvalue weighted by Gasteiger charge is 2.13. The summed E-state index contributed by atoms with van der Waals surface area (Å²) in [7, 11) is 0. The standard InChI is InChI=1S/C14H11BrN2O4/c15-9-3-1-4-10(7-9)16-12(18)8-17-11(14(20)21)5-2-6-13(17)19/h1-7H,8H2,(H,16,18)(H,20,21). The maximum atomic E-state index is 11.9. The van der Waals surface area contributed by atoms with Gasteiger partial charge in [0.25, 0.3) is 5.56 Å². The molecule has 1 amide bonds. The summed E-state index contributed by atoms with van der Waals surface area (Å²) in [5, 5.41) is 11.6. The third kappa shape index (κ3) is 3.79. The molecule has 1 heterocycles. The van der Waals surface area contributed by atoms with Crippen LogP contribution in [0, 0.1) is 0 Å². The number of carboxylic acids is 1. The summed E-state index contributed by atoms with van der Waals surface area (Å²) >= 11 is 3.28. The maximum Gasteiger partial charge on any atom is 0.352 e. The average molecular weight is 351 g/mol. The minimum atomic E-state index is -1.26. The van der Waals surface area contributed by atoms with Crippen LogP contribution in [0.15, 0.2) is 51.7 Å². The number of carbonyl (C=O) groups excluding carboxylic acids is 1. The Morgan fingerprint density at radius 2 is 1.90 bits per heavy atom. The summed E-state index contributed by atoms with van der Waals surface area (Å²) in [5.74, 6) is -1.74. The summed E-state index contributed by atoms with van der Waals surface area (Å²) < 4.78 is 1.71. The van der Waals surface area contributed by atoms with Crippen molar-refractivity contribution >= 4 is 33.5 Å². The molecule has 0 fully saturated rings. The molecule has 2 N–H and O–H groups in total. The Labute approximate surface area is 128 Å². The number of carboxylic acid groups (broad SMARTS) is 1. The Morgan fingerprint density at radius 3 is 2.57 bits per heavy atom. The van der Waals surface area contributed by atoms with Crippen molar-refractivity contribution in [3.05, 3.63) is 63.0 Å². The molecule has 6 nitrogen and oxygen atoms in total. The molecule has 2 rings (SSSR count). The van der Waals surface area contributed by atoms with Gasteiger partial charge < -0.3 is 10.4 Å². The number of halogens is 1. The van der Waals surface area contributed by atoms with E-state index in [9.17, 15) is 14.4 Å². The Kier molecular flexibility index (Phi) is 4.54. The topological polar surface area (TPSA) is 88.4 Å². The zero-order valence-electron chi connectivity index (χ0n) is 10.7. The largest absolute Gasteiger partial charge is 0.477 e. The predicted molar refractivity (Wildman–Crippen MR) is 80.4 cm³/mol. The molecule has 0 saturated carbocycles. The number of aromatic carboxylic acids is 1. The average Bonchev–Trinajstić information content (AvgIpc) is 2.40. The molecule has 2 aromatic rings. The molecule has 21 heavy (non-hydrogen) atoms. The molecule has 7 heteroatoms. The van der Waals surface area contributed by atoms with Crippen molar-refractivity contribution in [3.8, 4) is 0 Å².